The predicted molar refractivity (Wildman–Crippen MR) is 121 cm³/mol. The van der Waals surface area contributed by atoms with Gasteiger partial charge in [0, 0.05) is 49.5 Å². The maximum atomic E-state index is 12.6. The van der Waals surface area contributed by atoms with E-state index < -0.39 is 12.6 Å². The van der Waals surface area contributed by atoms with Crippen LogP contribution in [0, 0.1) is 5.41 Å². The maximum Gasteiger partial charge on any atom is 0.390 e. The lowest BCUT2D eigenvalue weighted by molar-refractivity contribution is -0.139. The second kappa shape index (κ2) is 8.81. The lowest BCUT2D eigenvalue weighted by Gasteiger charge is -2.40. The first-order chi connectivity index (χ1) is 15.5. The fourth-order valence-corrected chi connectivity index (χ4v) is 3.98. The first-order valence-electron chi connectivity index (χ1n) is 11.1. The van der Waals surface area contributed by atoms with Crippen LogP contribution in [0.25, 0.3) is 0 Å². The number of nitrogens with zero attached hydrogens (tertiary/aromatic N) is 4. The van der Waals surface area contributed by atoms with Gasteiger partial charge in [0.1, 0.15) is 23.5 Å². The molecule has 2 aliphatic rings. The van der Waals surface area contributed by atoms with E-state index in [9.17, 15) is 13.2 Å². The van der Waals surface area contributed by atoms with Crippen LogP contribution in [0.2, 0.25) is 0 Å². The Morgan fingerprint density at radius 3 is 2.67 bits per heavy atom. The Balaban J connectivity index is 1.46. The SMILES string of the molecule is CC1CN(c2cc(C(=N)c3cc(OC4(C)CC4)ccc3N)ncn2)CCN1CCC(F)(F)F. The van der Waals surface area contributed by atoms with E-state index >= 15 is 0 Å². The summed E-state index contributed by atoms with van der Waals surface area (Å²) in [5.74, 6) is 1.31. The highest BCUT2D eigenvalue weighted by molar-refractivity contribution is 6.13. The average molecular weight is 463 g/mol. The number of nitrogen functional groups attached to an aromatic ring is 1. The summed E-state index contributed by atoms with van der Waals surface area (Å²) in [6.45, 7) is 5.57. The molecule has 2 aromatic rings. The Kier molecular flexibility index (Phi) is 6.22. The molecule has 7 nitrogen and oxygen atoms in total. The minimum Gasteiger partial charge on any atom is -0.488 e. The molecule has 10 heteroatoms. The number of rotatable bonds is 7. The van der Waals surface area contributed by atoms with E-state index in [0.29, 0.717) is 48.1 Å². The van der Waals surface area contributed by atoms with Gasteiger partial charge in [-0.25, -0.2) is 9.97 Å². The second-order valence-electron chi connectivity index (χ2n) is 9.13. The molecule has 1 aromatic carbocycles. The van der Waals surface area contributed by atoms with Crippen LogP contribution >= 0.6 is 0 Å². The maximum absolute atomic E-state index is 12.6. The number of nitrogens with one attached hydrogen (secondary N) is 1. The van der Waals surface area contributed by atoms with Gasteiger partial charge in [0.25, 0.3) is 0 Å². The van der Waals surface area contributed by atoms with Gasteiger partial charge in [-0.05, 0) is 44.9 Å². The van der Waals surface area contributed by atoms with Gasteiger partial charge >= 0.3 is 6.18 Å². The summed E-state index contributed by atoms with van der Waals surface area (Å²) in [6, 6.07) is 6.99. The van der Waals surface area contributed by atoms with Crippen LogP contribution < -0.4 is 15.4 Å². The number of nitrogens with two attached hydrogens (primary N) is 1. The van der Waals surface area contributed by atoms with Crippen molar-refractivity contribution in [2.24, 2.45) is 0 Å². The predicted octanol–water partition coefficient (Wildman–Crippen LogP) is 3.87. The zero-order chi connectivity index (χ0) is 23.8. The minimum absolute atomic E-state index is 0.00505. The van der Waals surface area contributed by atoms with Crippen molar-refractivity contribution in [3.05, 3.63) is 41.9 Å². The highest BCUT2D eigenvalue weighted by Gasteiger charge is 2.40. The lowest BCUT2D eigenvalue weighted by atomic mass is 10.0. The van der Waals surface area contributed by atoms with Crippen LogP contribution in [0.3, 0.4) is 0 Å². The molecule has 1 aliphatic heterocycles. The van der Waals surface area contributed by atoms with Gasteiger partial charge in [-0.3, -0.25) is 10.3 Å². The molecule has 1 atom stereocenters. The zero-order valence-corrected chi connectivity index (χ0v) is 18.8. The van der Waals surface area contributed by atoms with Crippen molar-refractivity contribution in [3.63, 3.8) is 0 Å². The van der Waals surface area contributed by atoms with Crippen molar-refractivity contribution in [1.29, 1.82) is 5.41 Å². The van der Waals surface area contributed by atoms with Gasteiger partial charge in [-0.1, -0.05) is 0 Å². The first kappa shape index (κ1) is 23.3. The first-order valence-corrected chi connectivity index (χ1v) is 11.1. The van der Waals surface area contributed by atoms with Crippen LogP contribution in [-0.2, 0) is 0 Å². The molecule has 2 fully saturated rings. The number of benzene rings is 1. The highest BCUT2D eigenvalue weighted by Crippen LogP contribution is 2.40. The number of hydrogen-bond donors (Lipinski definition) is 2. The summed E-state index contributed by atoms with van der Waals surface area (Å²) in [7, 11) is 0. The molecule has 0 radical (unpaired) electrons. The molecule has 1 unspecified atom stereocenters. The molecular formula is C23H29F3N6O. The van der Waals surface area contributed by atoms with Crippen molar-refractivity contribution in [1.82, 2.24) is 14.9 Å². The topological polar surface area (TPSA) is 91.4 Å². The van der Waals surface area contributed by atoms with E-state index in [1.54, 1.807) is 24.3 Å². The molecule has 1 aliphatic carbocycles. The van der Waals surface area contributed by atoms with E-state index in [1.807, 2.05) is 16.7 Å². The molecule has 33 heavy (non-hydrogen) atoms. The molecule has 1 aromatic heterocycles. The molecule has 1 saturated heterocycles. The number of alkyl halides is 3. The van der Waals surface area contributed by atoms with Crippen molar-refractivity contribution in [2.45, 2.75) is 50.9 Å². The summed E-state index contributed by atoms with van der Waals surface area (Å²) >= 11 is 0. The third-order valence-corrected chi connectivity index (χ3v) is 6.29. The van der Waals surface area contributed by atoms with Crippen LogP contribution in [0.1, 0.15) is 44.4 Å². The highest BCUT2D eigenvalue weighted by atomic mass is 19.4. The number of halogens is 3. The Morgan fingerprint density at radius 2 is 2.00 bits per heavy atom. The van der Waals surface area contributed by atoms with Crippen LogP contribution in [0.15, 0.2) is 30.6 Å². The van der Waals surface area contributed by atoms with Gasteiger partial charge < -0.3 is 15.4 Å². The van der Waals surface area contributed by atoms with E-state index in [0.717, 1.165) is 12.8 Å². The third-order valence-electron chi connectivity index (χ3n) is 6.29. The molecule has 2 heterocycles. The molecule has 0 spiro atoms. The summed E-state index contributed by atoms with van der Waals surface area (Å²) in [5, 5.41) is 8.69. The normalized spacial score (nSPS) is 20.5. The van der Waals surface area contributed by atoms with Crippen molar-refractivity contribution < 1.29 is 17.9 Å². The van der Waals surface area contributed by atoms with Gasteiger partial charge in [0.15, 0.2) is 0 Å². The molecule has 0 amide bonds. The molecule has 178 valence electrons. The van der Waals surface area contributed by atoms with Crippen molar-refractivity contribution in [3.8, 4) is 5.75 Å². The zero-order valence-electron chi connectivity index (χ0n) is 18.8. The van der Waals surface area contributed by atoms with Crippen molar-refractivity contribution in [2.75, 3.05) is 36.8 Å². The molecule has 3 N–H and O–H groups in total. The van der Waals surface area contributed by atoms with Gasteiger partial charge in [0.05, 0.1) is 17.8 Å². The summed E-state index contributed by atoms with van der Waals surface area (Å²) in [6.07, 6.45) is -1.56. The van der Waals surface area contributed by atoms with Crippen LogP contribution in [-0.4, -0.2) is 64.6 Å². The largest absolute Gasteiger partial charge is 0.488 e. The van der Waals surface area contributed by atoms with Gasteiger partial charge in [-0.2, -0.15) is 13.2 Å². The smallest absolute Gasteiger partial charge is 0.390 e. The van der Waals surface area contributed by atoms with Gasteiger partial charge in [-0.15, -0.1) is 0 Å². The summed E-state index contributed by atoms with van der Waals surface area (Å²) in [5.41, 5.74) is 7.59. The number of ether oxygens (including phenoxy) is 1. The standard InChI is InChI=1S/C23H29F3N6O/c1-15-13-32(10-9-31(15)8-7-23(24,25)26)20-12-19(29-14-30-20)21(28)17-11-16(3-4-18(17)27)33-22(2)5-6-22/h3-4,11-12,14-15,28H,5-10,13,27H2,1-2H3. The third kappa shape index (κ3) is 5.73. The number of hydrogen-bond acceptors (Lipinski definition) is 7. The molecule has 0 bridgehead atoms. The summed E-state index contributed by atoms with van der Waals surface area (Å²) in [4.78, 5) is 12.5. The Morgan fingerprint density at radius 1 is 1.24 bits per heavy atom. The fraction of sp³-hybridized carbons (Fsp3) is 0.522. The number of piperazine rings is 1. The molecular weight excluding hydrogens is 433 g/mol. The lowest BCUT2D eigenvalue weighted by Crippen LogP contribution is -2.52. The summed E-state index contributed by atoms with van der Waals surface area (Å²) < 4.78 is 43.8. The number of anilines is 2. The number of aromatic nitrogens is 2. The monoisotopic (exact) mass is 462 g/mol. The molecule has 1 saturated carbocycles. The van der Waals surface area contributed by atoms with E-state index in [-0.39, 0.29) is 23.9 Å². The Labute approximate surface area is 191 Å². The van der Waals surface area contributed by atoms with Crippen LogP contribution in [0.4, 0.5) is 24.7 Å². The Bertz CT molecular complexity index is 1020. The average Bonchev–Trinajstić information content (AvgIpc) is 3.49. The van der Waals surface area contributed by atoms with E-state index in [4.69, 9.17) is 15.9 Å². The second-order valence-corrected chi connectivity index (χ2v) is 9.13. The minimum atomic E-state index is -4.15. The van der Waals surface area contributed by atoms with Gasteiger partial charge in [0.2, 0.25) is 0 Å². The van der Waals surface area contributed by atoms with Crippen LogP contribution in [0.5, 0.6) is 5.75 Å². The van der Waals surface area contributed by atoms with E-state index in [1.165, 1.54) is 6.33 Å². The molecule has 4 rings (SSSR count). The van der Waals surface area contributed by atoms with Crippen molar-refractivity contribution >= 4 is 17.2 Å². The Hall–Kier alpha value is -2.88. The fourth-order valence-electron chi connectivity index (χ4n) is 3.98. The quantitative estimate of drug-likeness (QED) is 0.480. The van der Waals surface area contributed by atoms with E-state index in [2.05, 4.69) is 16.9 Å².